The summed E-state index contributed by atoms with van der Waals surface area (Å²) in [6, 6.07) is 11.1. The van der Waals surface area contributed by atoms with Gasteiger partial charge in [0.15, 0.2) is 0 Å². The summed E-state index contributed by atoms with van der Waals surface area (Å²) in [5.74, 6) is 0.307. The molecular formula is C14H16N4O. The van der Waals surface area contributed by atoms with Crippen molar-refractivity contribution in [3.8, 4) is 0 Å². The molecule has 2 aromatic rings. The SMILES string of the molecule is CN(Cc1ccc(N)cc1)c1ccc(C(N)=O)cn1. The Morgan fingerprint density at radius 3 is 2.42 bits per heavy atom. The maximum Gasteiger partial charge on any atom is 0.250 e. The van der Waals surface area contributed by atoms with Crippen molar-refractivity contribution in [2.45, 2.75) is 6.54 Å². The summed E-state index contributed by atoms with van der Waals surface area (Å²) < 4.78 is 0. The highest BCUT2D eigenvalue weighted by Gasteiger charge is 2.05. The van der Waals surface area contributed by atoms with Gasteiger partial charge in [-0.25, -0.2) is 4.98 Å². The van der Waals surface area contributed by atoms with Gasteiger partial charge in [0.25, 0.3) is 0 Å². The van der Waals surface area contributed by atoms with Gasteiger partial charge in [-0.15, -0.1) is 0 Å². The Labute approximate surface area is 111 Å². The summed E-state index contributed by atoms with van der Waals surface area (Å²) in [6.45, 7) is 0.712. The normalized spacial score (nSPS) is 10.2. The lowest BCUT2D eigenvalue weighted by molar-refractivity contribution is 0.1000. The van der Waals surface area contributed by atoms with Crippen LogP contribution >= 0.6 is 0 Å². The van der Waals surface area contributed by atoms with Crippen molar-refractivity contribution in [2.24, 2.45) is 5.73 Å². The second-order valence-electron chi connectivity index (χ2n) is 4.37. The predicted molar refractivity (Wildman–Crippen MR) is 75.7 cm³/mol. The van der Waals surface area contributed by atoms with E-state index in [0.717, 1.165) is 17.1 Å². The number of aromatic nitrogens is 1. The lowest BCUT2D eigenvalue weighted by Crippen LogP contribution is -2.18. The molecule has 0 saturated carbocycles. The minimum atomic E-state index is -0.472. The van der Waals surface area contributed by atoms with Crippen LogP contribution in [-0.2, 0) is 6.54 Å². The van der Waals surface area contributed by atoms with Crippen LogP contribution in [0.15, 0.2) is 42.6 Å². The van der Waals surface area contributed by atoms with Gasteiger partial charge in [-0.2, -0.15) is 0 Å². The third-order valence-corrected chi connectivity index (χ3v) is 2.82. The fraction of sp³-hybridized carbons (Fsp3) is 0.143. The Kier molecular flexibility index (Phi) is 3.66. The average Bonchev–Trinajstić information content (AvgIpc) is 2.41. The quantitative estimate of drug-likeness (QED) is 0.810. The molecule has 5 heteroatoms. The molecule has 0 spiro atoms. The van der Waals surface area contributed by atoms with Crippen LogP contribution in [0.5, 0.6) is 0 Å². The van der Waals surface area contributed by atoms with Gasteiger partial charge in [-0.3, -0.25) is 4.79 Å². The van der Waals surface area contributed by atoms with Crippen LogP contribution in [0.3, 0.4) is 0 Å². The summed E-state index contributed by atoms with van der Waals surface area (Å²) in [5, 5.41) is 0. The fourth-order valence-electron chi connectivity index (χ4n) is 1.74. The molecule has 0 unspecified atom stereocenters. The van der Waals surface area contributed by atoms with Crippen molar-refractivity contribution in [1.82, 2.24) is 4.98 Å². The van der Waals surface area contributed by atoms with Crippen molar-refractivity contribution in [3.63, 3.8) is 0 Å². The smallest absolute Gasteiger partial charge is 0.250 e. The molecular weight excluding hydrogens is 240 g/mol. The summed E-state index contributed by atoms with van der Waals surface area (Å²) in [5.41, 5.74) is 13.1. The predicted octanol–water partition coefficient (Wildman–Crippen LogP) is 1.40. The molecule has 1 amide bonds. The molecule has 2 rings (SSSR count). The van der Waals surface area contributed by atoms with Gasteiger partial charge >= 0.3 is 0 Å². The van der Waals surface area contributed by atoms with Crippen LogP contribution in [0.1, 0.15) is 15.9 Å². The molecule has 0 aliphatic rings. The highest BCUT2D eigenvalue weighted by molar-refractivity contribution is 5.92. The van der Waals surface area contributed by atoms with Gasteiger partial charge in [-0.1, -0.05) is 12.1 Å². The van der Waals surface area contributed by atoms with Gasteiger partial charge in [-0.05, 0) is 29.8 Å². The number of primary amides is 1. The van der Waals surface area contributed by atoms with E-state index in [1.54, 1.807) is 12.1 Å². The number of hydrogen-bond acceptors (Lipinski definition) is 4. The number of amides is 1. The maximum atomic E-state index is 11.0. The number of carbonyl (C=O) groups excluding carboxylic acids is 1. The number of hydrogen-bond donors (Lipinski definition) is 2. The van der Waals surface area contributed by atoms with E-state index in [4.69, 9.17) is 11.5 Å². The van der Waals surface area contributed by atoms with Gasteiger partial charge in [0.1, 0.15) is 5.82 Å². The van der Waals surface area contributed by atoms with Gasteiger partial charge < -0.3 is 16.4 Å². The van der Waals surface area contributed by atoms with Crippen LogP contribution in [0.25, 0.3) is 0 Å². The Morgan fingerprint density at radius 2 is 1.89 bits per heavy atom. The van der Waals surface area contributed by atoms with Crippen LogP contribution < -0.4 is 16.4 Å². The highest BCUT2D eigenvalue weighted by atomic mass is 16.1. The van der Waals surface area contributed by atoms with Crippen molar-refractivity contribution >= 4 is 17.4 Å². The summed E-state index contributed by atoms with van der Waals surface area (Å²) >= 11 is 0. The average molecular weight is 256 g/mol. The van der Waals surface area contributed by atoms with Crippen LogP contribution in [0, 0.1) is 0 Å². The van der Waals surface area contributed by atoms with E-state index >= 15 is 0 Å². The van der Waals surface area contributed by atoms with Crippen molar-refractivity contribution in [2.75, 3.05) is 17.7 Å². The summed E-state index contributed by atoms with van der Waals surface area (Å²) in [4.78, 5) is 17.2. The molecule has 5 nitrogen and oxygen atoms in total. The lowest BCUT2D eigenvalue weighted by atomic mass is 10.2. The number of benzene rings is 1. The maximum absolute atomic E-state index is 11.0. The molecule has 1 heterocycles. The van der Waals surface area contributed by atoms with Crippen LogP contribution in [-0.4, -0.2) is 17.9 Å². The molecule has 1 aromatic heterocycles. The lowest BCUT2D eigenvalue weighted by Gasteiger charge is -2.18. The van der Waals surface area contributed by atoms with Gasteiger partial charge in [0, 0.05) is 25.5 Å². The zero-order chi connectivity index (χ0) is 13.8. The van der Waals surface area contributed by atoms with E-state index in [1.807, 2.05) is 36.2 Å². The molecule has 4 N–H and O–H groups in total. The number of nitrogen functional groups attached to an aromatic ring is 1. The van der Waals surface area contributed by atoms with E-state index in [0.29, 0.717) is 12.1 Å². The molecule has 19 heavy (non-hydrogen) atoms. The fourth-order valence-corrected chi connectivity index (χ4v) is 1.74. The molecule has 0 atom stereocenters. The second-order valence-corrected chi connectivity index (χ2v) is 4.37. The number of anilines is 2. The standard InChI is InChI=1S/C14H16N4O/c1-18(9-10-2-5-12(15)6-3-10)13-7-4-11(8-17-13)14(16)19/h2-8H,9,15H2,1H3,(H2,16,19). The monoisotopic (exact) mass is 256 g/mol. The third-order valence-electron chi connectivity index (χ3n) is 2.82. The minimum Gasteiger partial charge on any atom is -0.399 e. The van der Waals surface area contributed by atoms with E-state index in [2.05, 4.69) is 4.98 Å². The first-order chi connectivity index (χ1) is 9.06. The highest BCUT2D eigenvalue weighted by Crippen LogP contribution is 2.14. The third kappa shape index (κ3) is 3.22. The first-order valence-electron chi connectivity index (χ1n) is 5.87. The Morgan fingerprint density at radius 1 is 1.21 bits per heavy atom. The second kappa shape index (κ2) is 5.39. The van der Waals surface area contributed by atoms with Crippen LogP contribution in [0.2, 0.25) is 0 Å². The first-order valence-corrected chi connectivity index (χ1v) is 5.87. The summed E-state index contributed by atoms with van der Waals surface area (Å²) in [7, 11) is 1.93. The number of nitrogens with two attached hydrogens (primary N) is 2. The van der Waals surface area contributed by atoms with E-state index in [9.17, 15) is 4.79 Å². The Bertz CT molecular complexity index is 563. The summed E-state index contributed by atoms with van der Waals surface area (Å²) in [6.07, 6.45) is 1.48. The molecule has 0 saturated heterocycles. The molecule has 0 fully saturated rings. The topological polar surface area (TPSA) is 85.2 Å². The molecule has 0 aliphatic carbocycles. The molecule has 1 aromatic carbocycles. The first kappa shape index (κ1) is 12.9. The van der Waals surface area contributed by atoms with Gasteiger partial charge in [0.2, 0.25) is 5.91 Å². The molecule has 0 radical (unpaired) electrons. The number of carbonyl (C=O) groups is 1. The van der Waals surface area contributed by atoms with Crippen LogP contribution in [0.4, 0.5) is 11.5 Å². The zero-order valence-electron chi connectivity index (χ0n) is 10.7. The van der Waals surface area contributed by atoms with E-state index in [1.165, 1.54) is 6.20 Å². The Hall–Kier alpha value is -2.56. The molecule has 0 bridgehead atoms. The largest absolute Gasteiger partial charge is 0.399 e. The molecule has 98 valence electrons. The zero-order valence-corrected chi connectivity index (χ0v) is 10.7. The van der Waals surface area contributed by atoms with Crippen molar-refractivity contribution in [1.29, 1.82) is 0 Å². The Balaban J connectivity index is 2.09. The van der Waals surface area contributed by atoms with Crippen molar-refractivity contribution in [3.05, 3.63) is 53.7 Å². The van der Waals surface area contributed by atoms with Crippen molar-refractivity contribution < 1.29 is 4.79 Å². The minimum absolute atomic E-state index is 0.407. The van der Waals surface area contributed by atoms with E-state index in [-0.39, 0.29) is 0 Å². The number of pyridine rings is 1. The van der Waals surface area contributed by atoms with E-state index < -0.39 is 5.91 Å². The van der Waals surface area contributed by atoms with Gasteiger partial charge in [0.05, 0.1) is 5.56 Å². The molecule has 0 aliphatic heterocycles. The number of nitrogens with zero attached hydrogens (tertiary/aromatic N) is 2. The number of rotatable bonds is 4.